The zero-order valence-corrected chi connectivity index (χ0v) is 30.5. The van der Waals surface area contributed by atoms with Crippen molar-refractivity contribution in [2.45, 2.75) is 0 Å². The Hall–Kier alpha value is -8.01. The fourth-order valence-electron chi connectivity index (χ4n) is 8.10. The molecule has 57 heavy (non-hydrogen) atoms. The van der Waals surface area contributed by atoms with Gasteiger partial charge in [0.25, 0.3) is 0 Å². The summed E-state index contributed by atoms with van der Waals surface area (Å²) in [6.07, 6.45) is 0. The number of nitrogens with zero attached hydrogens (tertiary/aromatic N) is 6. The highest BCUT2D eigenvalue weighted by atomic mass is 15.1. The first-order valence-corrected chi connectivity index (χ1v) is 18.9. The molecule has 0 saturated carbocycles. The zero-order valence-electron chi connectivity index (χ0n) is 30.5. The van der Waals surface area contributed by atoms with Crippen LogP contribution in [-0.2, 0) is 0 Å². The van der Waals surface area contributed by atoms with E-state index >= 15 is 0 Å². The van der Waals surface area contributed by atoms with Gasteiger partial charge in [0.2, 0.25) is 0 Å². The largest absolute Gasteiger partial charge is 0.294 e. The van der Waals surface area contributed by atoms with E-state index in [4.69, 9.17) is 19.9 Å². The molecule has 0 spiro atoms. The molecule has 0 aliphatic carbocycles. The second-order valence-corrected chi connectivity index (χ2v) is 14.2. The predicted octanol–water partition coefficient (Wildman–Crippen LogP) is 12.4. The summed E-state index contributed by atoms with van der Waals surface area (Å²) in [5, 5.41) is 17.4. The van der Waals surface area contributed by atoms with Crippen molar-refractivity contribution in [2.24, 2.45) is 0 Å². The van der Waals surface area contributed by atoms with Crippen molar-refractivity contribution in [3.8, 4) is 57.2 Å². The Morgan fingerprint density at radius 1 is 0.386 bits per heavy atom. The van der Waals surface area contributed by atoms with Gasteiger partial charge in [0.05, 0.1) is 28.2 Å². The Labute approximate surface area is 327 Å². The molecule has 6 nitrogen and oxygen atoms in total. The van der Waals surface area contributed by atoms with Crippen molar-refractivity contribution in [1.82, 2.24) is 24.5 Å². The van der Waals surface area contributed by atoms with E-state index in [1.165, 1.54) is 0 Å². The molecule has 0 fully saturated rings. The molecule has 0 saturated heterocycles. The van der Waals surface area contributed by atoms with Gasteiger partial charge in [-0.2, -0.15) is 5.26 Å². The van der Waals surface area contributed by atoms with Crippen molar-refractivity contribution in [1.29, 1.82) is 5.26 Å². The third-order valence-corrected chi connectivity index (χ3v) is 10.9. The smallest absolute Gasteiger partial charge is 0.164 e. The van der Waals surface area contributed by atoms with Gasteiger partial charge in [0.1, 0.15) is 5.82 Å². The highest BCUT2D eigenvalue weighted by Crippen LogP contribution is 2.37. The van der Waals surface area contributed by atoms with Crippen LogP contribution in [0.25, 0.3) is 105 Å². The quantitative estimate of drug-likeness (QED) is 0.176. The van der Waals surface area contributed by atoms with Crippen LogP contribution < -0.4 is 0 Å². The van der Waals surface area contributed by atoms with Gasteiger partial charge >= 0.3 is 0 Å². The van der Waals surface area contributed by atoms with E-state index in [1.807, 2.05) is 36.4 Å². The van der Waals surface area contributed by atoms with Gasteiger partial charge in [-0.05, 0) is 81.2 Å². The highest BCUT2D eigenvalue weighted by Gasteiger charge is 2.18. The van der Waals surface area contributed by atoms with Crippen molar-refractivity contribution in [3.63, 3.8) is 0 Å². The predicted molar refractivity (Wildman–Crippen MR) is 231 cm³/mol. The average molecular weight is 727 g/mol. The molecule has 0 amide bonds. The van der Waals surface area contributed by atoms with Crippen LogP contribution in [0, 0.1) is 11.3 Å². The van der Waals surface area contributed by atoms with Gasteiger partial charge < -0.3 is 0 Å². The molecule has 11 aromatic rings. The van der Waals surface area contributed by atoms with E-state index in [-0.39, 0.29) is 0 Å². The first-order valence-electron chi connectivity index (χ1n) is 18.9. The van der Waals surface area contributed by atoms with Gasteiger partial charge in [-0.15, -0.1) is 0 Å². The molecular formula is C51H30N6. The van der Waals surface area contributed by atoms with Gasteiger partial charge in [0.15, 0.2) is 17.5 Å². The molecule has 0 unspecified atom stereocenters. The number of aromatic nitrogens is 5. The van der Waals surface area contributed by atoms with E-state index in [1.54, 1.807) is 0 Å². The van der Waals surface area contributed by atoms with Crippen LogP contribution in [0.15, 0.2) is 182 Å². The minimum absolute atomic E-state index is 0.604. The van der Waals surface area contributed by atoms with Crippen LogP contribution in [-0.4, -0.2) is 24.5 Å². The number of benzene rings is 8. The summed E-state index contributed by atoms with van der Waals surface area (Å²) >= 11 is 0. The van der Waals surface area contributed by atoms with Crippen LogP contribution in [0.3, 0.4) is 0 Å². The topological polar surface area (TPSA) is 80.3 Å². The van der Waals surface area contributed by atoms with E-state index < -0.39 is 0 Å². The first-order chi connectivity index (χ1) is 28.2. The molecule has 3 aromatic heterocycles. The Morgan fingerprint density at radius 2 is 0.930 bits per heavy atom. The lowest BCUT2D eigenvalue weighted by atomic mass is 10.0. The first kappa shape index (κ1) is 32.4. The number of fused-ring (bicyclic) bond motifs is 6. The molecule has 6 heteroatoms. The maximum absolute atomic E-state index is 9.84. The third kappa shape index (κ3) is 5.49. The third-order valence-electron chi connectivity index (χ3n) is 10.9. The van der Waals surface area contributed by atoms with Crippen LogP contribution in [0.5, 0.6) is 0 Å². The van der Waals surface area contributed by atoms with E-state index in [2.05, 4.69) is 156 Å². The van der Waals surface area contributed by atoms with E-state index in [0.29, 0.717) is 23.0 Å². The molecule has 3 heterocycles. The number of nitriles is 1. The maximum atomic E-state index is 9.84. The van der Waals surface area contributed by atoms with Crippen molar-refractivity contribution in [3.05, 3.63) is 188 Å². The van der Waals surface area contributed by atoms with Crippen LogP contribution >= 0.6 is 0 Å². The molecule has 0 N–H and O–H groups in total. The molecular weight excluding hydrogens is 697 g/mol. The van der Waals surface area contributed by atoms with E-state index in [9.17, 15) is 5.26 Å². The SMILES string of the molecule is N#Cc1ccc2c(c1)c1cc(-c3ccc(-c4nc(-c5cccc6ccccc56)nc(-c5cccc6ccccc56)n4)cc3)ccc1n2-c1ccc2ccccc2n1. The van der Waals surface area contributed by atoms with Crippen LogP contribution in [0.1, 0.15) is 5.56 Å². The summed E-state index contributed by atoms with van der Waals surface area (Å²) in [5.41, 5.74) is 8.50. The molecule has 8 aromatic carbocycles. The number of hydrogen-bond donors (Lipinski definition) is 0. The van der Waals surface area contributed by atoms with Crippen molar-refractivity contribution < 1.29 is 0 Å². The number of hydrogen-bond acceptors (Lipinski definition) is 5. The average Bonchev–Trinajstić information content (AvgIpc) is 3.61. The van der Waals surface area contributed by atoms with Crippen LogP contribution in [0.4, 0.5) is 0 Å². The Kier molecular flexibility index (Phi) is 7.44. The Balaban J connectivity index is 1.04. The molecule has 11 rings (SSSR count). The lowest BCUT2D eigenvalue weighted by Gasteiger charge is -2.12. The zero-order chi connectivity index (χ0) is 37.9. The number of pyridine rings is 1. The standard InChI is InChI=1S/C51H30N6/c52-31-32-19-26-46-43(29-32)44-30-38(24-27-47(44)57(46)48-28-25-36-11-3-6-18-45(36)53-48)33-20-22-37(23-21-33)49-54-50(41-16-7-12-34-9-1-4-14-39(34)41)56-51(55-49)42-17-8-13-35-10-2-5-15-40(35)42/h1-30H. The number of para-hydroxylation sites is 1. The summed E-state index contributed by atoms with van der Waals surface area (Å²) in [4.78, 5) is 20.4. The summed E-state index contributed by atoms with van der Waals surface area (Å²) < 4.78 is 2.19. The Bertz CT molecular complexity index is 3320. The lowest BCUT2D eigenvalue weighted by molar-refractivity contribution is 1.08. The lowest BCUT2D eigenvalue weighted by Crippen LogP contribution is -2.01. The maximum Gasteiger partial charge on any atom is 0.164 e. The summed E-state index contributed by atoms with van der Waals surface area (Å²) in [6, 6.07) is 64.6. The van der Waals surface area contributed by atoms with Crippen molar-refractivity contribution >= 4 is 54.3 Å². The summed E-state index contributed by atoms with van der Waals surface area (Å²) in [5.74, 6) is 2.69. The molecule has 0 radical (unpaired) electrons. The van der Waals surface area contributed by atoms with Gasteiger partial charge in [-0.3, -0.25) is 4.57 Å². The minimum atomic E-state index is 0.604. The summed E-state index contributed by atoms with van der Waals surface area (Å²) in [6.45, 7) is 0. The fourth-order valence-corrected chi connectivity index (χ4v) is 8.10. The second-order valence-electron chi connectivity index (χ2n) is 14.2. The Morgan fingerprint density at radius 3 is 1.61 bits per heavy atom. The van der Waals surface area contributed by atoms with Crippen molar-refractivity contribution in [2.75, 3.05) is 0 Å². The fraction of sp³-hybridized carbons (Fsp3) is 0. The second kappa shape index (κ2) is 13.1. The van der Waals surface area contributed by atoms with Gasteiger partial charge in [0, 0.05) is 32.8 Å². The molecule has 0 atom stereocenters. The van der Waals surface area contributed by atoms with Crippen LogP contribution in [0.2, 0.25) is 0 Å². The minimum Gasteiger partial charge on any atom is -0.294 e. The van der Waals surface area contributed by atoms with Gasteiger partial charge in [-0.25, -0.2) is 19.9 Å². The number of rotatable bonds is 5. The normalized spacial score (nSPS) is 11.5. The monoisotopic (exact) mass is 726 g/mol. The molecule has 0 aliphatic rings. The van der Waals surface area contributed by atoms with E-state index in [0.717, 1.165) is 87.9 Å². The molecule has 264 valence electrons. The highest BCUT2D eigenvalue weighted by molar-refractivity contribution is 6.11. The molecule has 0 aliphatic heterocycles. The summed E-state index contributed by atoms with van der Waals surface area (Å²) in [7, 11) is 0. The van der Waals surface area contributed by atoms with Gasteiger partial charge in [-0.1, -0.05) is 133 Å². The molecule has 0 bridgehead atoms.